The molecule has 1 aliphatic rings. The van der Waals surface area contributed by atoms with Gasteiger partial charge in [-0.05, 0) is 11.8 Å². The zero-order chi connectivity index (χ0) is 13.9. The minimum Gasteiger partial charge on any atom is -0.481 e. The lowest BCUT2D eigenvalue weighted by molar-refractivity contribution is -0.145. The Morgan fingerprint density at radius 3 is 2.33 bits per heavy atom. The van der Waals surface area contributed by atoms with E-state index < -0.39 is 28.7 Å². The van der Waals surface area contributed by atoms with Crippen molar-refractivity contribution in [2.45, 2.75) is 31.9 Å². The van der Waals surface area contributed by atoms with Crippen LogP contribution in [-0.2, 0) is 23.4 Å². The standard InChI is InChI=1S/C11H13F3N2O2/c1-9(2)5-10(9,8(17)18)6-4-16(3)15-7(6)11(12,13)14/h4H,5H2,1-3H3,(H,17,18). The molecule has 7 heteroatoms. The van der Waals surface area contributed by atoms with Gasteiger partial charge in [-0.25, -0.2) is 0 Å². The van der Waals surface area contributed by atoms with Crippen LogP contribution in [0.3, 0.4) is 0 Å². The Morgan fingerprint density at radius 1 is 1.50 bits per heavy atom. The molecule has 0 spiro atoms. The maximum absolute atomic E-state index is 12.9. The topological polar surface area (TPSA) is 55.1 Å². The largest absolute Gasteiger partial charge is 0.481 e. The average Bonchev–Trinajstić information content (AvgIpc) is 2.56. The lowest BCUT2D eigenvalue weighted by atomic mass is 9.88. The SMILES string of the molecule is Cn1cc(C2(C(=O)O)CC2(C)C)c(C(F)(F)F)n1. The lowest BCUT2D eigenvalue weighted by Crippen LogP contribution is -2.28. The first-order chi connectivity index (χ1) is 8.02. The van der Waals surface area contributed by atoms with E-state index in [0.29, 0.717) is 0 Å². The fourth-order valence-corrected chi connectivity index (χ4v) is 2.57. The molecule has 18 heavy (non-hydrogen) atoms. The molecular weight excluding hydrogens is 249 g/mol. The van der Waals surface area contributed by atoms with Gasteiger partial charge in [0.1, 0.15) is 5.41 Å². The molecule has 1 unspecified atom stereocenters. The van der Waals surface area contributed by atoms with Crippen LogP contribution in [-0.4, -0.2) is 20.9 Å². The van der Waals surface area contributed by atoms with E-state index in [4.69, 9.17) is 0 Å². The van der Waals surface area contributed by atoms with E-state index in [1.165, 1.54) is 7.05 Å². The number of rotatable bonds is 2. The molecule has 0 radical (unpaired) electrons. The van der Waals surface area contributed by atoms with Gasteiger partial charge < -0.3 is 5.11 Å². The van der Waals surface area contributed by atoms with Crippen molar-refractivity contribution >= 4 is 5.97 Å². The number of carbonyl (C=O) groups is 1. The number of carboxylic acid groups (broad SMARTS) is 1. The van der Waals surface area contributed by atoms with E-state index in [0.717, 1.165) is 10.9 Å². The number of hydrogen-bond acceptors (Lipinski definition) is 2. The number of halogens is 3. The van der Waals surface area contributed by atoms with Crippen molar-refractivity contribution in [3.63, 3.8) is 0 Å². The van der Waals surface area contributed by atoms with Crippen LogP contribution in [0.5, 0.6) is 0 Å². The maximum Gasteiger partial charge on any atom is 0.435 e. The second kappa shape index (κ2) is 3.27. The predicted molar refractivity (Wildman–Crippen MR) is 55.9 cm³/mol. The number of alkyl halides is 3. The molecule has 1 N–H and O–H groups in total. The third-order valence-electron chi connectivity index (χ3n) is 3.66. The Hall–Kier alpha value is -1.53. The minimum atomic E-state index is -4.64. The monoisotopic (exact) mass is 262 g/mol. The van der Waals surface area contributed by atoms with E-state index in [2.05, 4.69) is 5.10 Å². The van der Waals surface area contributed by atoms with Crippen LogP contribution in [0, 0.1) is 5.41 Å². The molecule has 1 aliphatic carbocycles. The van der Waals surface area contributed by atoms with Gasteiger partial charge in [0.2, 0.25) is 0 Å². The van der Waals surface area contributed by atoms with Crippen LogP contribution in [0.25, 0.3) is 0 Å². The van der Waals surface area contributed by atoms with Gasteiger partial charge in [0.15, 0.2) is 5.69 Å². The van der Waals surface area contributed by atoms with E-state index in [1.54, 1.807) is 13.8 Å². The van der Waals surface area contributed by atoms with Crippen molar-refractivity contribution in [2.75, 3.05) is 0 Å². The molecular formula is C11H13F3N2O2. The van der Waals surface area contributed by atoms with E-state index in [1.807, 2.05) is 0 Å². The molecule has 2 rings (SSSR count). The van der Waals surface area contributed by atoms with Gasteiger partial charge in [-0.3, -0.25) is 9.48 Å². The first-order valence-electron chi connectivity index (χ1n) is 5.37. The normalized spacial score (nSPS) is 26.1. The maximum atomic E-state index is 12.9. The molecule has 0 aliphatic heterocycles. The second-order valence-electron chi connectivity index (χ2n) is 5.33. The fraction of sp³-hybridized carbons (Fsp3) is 0.636. The van der Waals surface area contributed by atoms with Crippen molar-refractivity contribution in [3.8, 4) is 0 Å². The average molecular weight is 262 g/mol. The van der Waals surface area contributed by atoms with Crippen LogP contribution in [0.15, 0.2) is 6.20 Å². The summed E-state index contributed by atoms with van der Waals surface area (Å²) in [5.41, 5.74) is -3.51. The molecule has 1 saturated carbocycles. The number of aryl methyl sites for hydroxylation is 1. The van der Waals surface area contributed by atoms with Crippen molar-refractivity contribution in [2.24, 2.45) is 12.5 Å². The Morgan fingerprint density at radius 2 is 2.00 bits per heavy atom. The predicted octanol–water partition coefficient (Wildman–Crippen LogP) is 2.19. The highest BCUT2D eigenvalue weighted by atomic mass is 19.4. The molecule has 1 aromatic heterocycles. The highest BCUT2D eigenvalue weighted by Gasteiger charge is 2.70. The first-order valence-corrected chi connectivity index (χ1v) is 5.37. The third kappa shape index (κ3) is 1.53. The number of hydrogen-bond donors (Lipinski definition) is 1. The molecule has 1 atom stereocenters. The van der Waals surface area contributed by atoms with E-state index in [-0.39, 0.29) is 12.0 Å². The van der Waals surface area contributed by atoms with Crippen molar-refractivity contribution in [3.05, 3.63) is 17.5 Å². The van der Waals surface area contributed by atoms with Crippen molar-refractivity contribution in [1.29, 1.82) is 0 Å². The Balaban J connectivity index is 2.62. The highest BCUT2D eigenvalue weighted by molar-refractivity contribution is 5.87. The molecule has 100 valence electrons. The lowest BCUT2D eigenvalue weighted by Gasteiger charge is -2.16. The van der Waals surface area contributed by atoms with Gasteiger partial charge in [-0.1, -0.05) is 13.8 Å². The Labute approximate surface area is 101 Å². The zero-order valence-electron chi connectivity index (χ0n) is 10.2. The third-order valence-corrected chi connectivity index (χ3v) is 3.66. The van der Waals surface area contributed by atoms with Crippen LogP contribution < -0.4 is 0 Å². The summed E-state index contributed by atoms with van der Waals surface area (Å²) in [6.45, 7) is 3.29. The first kappa shape index (κ1) is 12.9. The minimum absolute atomic E-state index is 0.185. The van der Waals surface area contributed by atoms with Gasteiger partial charge in [0.05, 0.1) is 0 Å². The van der Waals surface area contributed by atoms with Crippen molar-refractivity contribution < 1.29 is 23.1 Å². The van der Waals surface area contributed by atoms with Gasteiger partial charge in [-0.15, -0.1) is 0 Å². The summed E-state index contributed by atoms with van der Waals surface area (Å²) in [5, 5.41) is 12.7. The quantitative estimate of drug-likeness (QED) is 0.888. The summed E-state index contributed by atoms with van der Waals surface area (Å²) >= 11 is 0. The van der Waals surface area contributed by atoms with Crippen LogP contribution in [0.2, 0.25) is 0 Å². The smallest absolute Gasteiger partial charge is 0.435 e. The van der Waals surface area contributed by atoms with E-state index in [9.17, 15) is 23.1 Å². The second-order valence-corrected chi connectivity index (χ2v) is 5.33. The summed E-state index contributed by atoms with van der Waals surface area (Å²) in [4.78, 5) is 11.4. The fourth-order valence-electron chi connectivity index (χ4n) is 2.57. The number of aromatic nitrogens is 2. The van der Waals surface area contributed by atoms with Crippen LogP contribution >= 0.6 is 0 Å². The molecule has 0 aromatic carbocycles. The number of aliphatic carboxylic acids is 1. The zero-order valence-corrected chi connectivity index (χ0v) is 10.2. The molecule has 0 saturated heterocycles. The number of carboxylic acids is 1. The molecule has 4 nitrogen and oxygen atoms in total. The van der Waals surface area contributed by atoms with Gasteiger partial charge >= 0.3 is 12.1 Å². The Bertz CT molecular complexity index is 519. The molecule has 0 bridgehead atoms. The molecule has 1 heterocycles. The van der Waals surface area contributed by atoms with Gasteiger partial charge in [0, 0.05) is 18.8 Å². The van der Waals surface area contributed by atoms with Crippen LogP contribution in [0.4, 0.5) is 13.2 Å². The summed E-state index contributed by atoms with van der Waals surface area (Å²) in [5.74, 6) is -1.23. The van der Waals surface area contributed by atoms with Crippen molar-refractivity contribution in [1.82, 2.24) is 9.78 Å². The number of nitrogens with zero attached hydrogens (tertiary/aromatic N) is 2. The summed E-state index contributed by atoms with van der Waals surface area (Å²) < 4.78 is 39.6. The summed E-state index contributed by atoms with van der Waals surface area (Å²) in [6, 6.07) is 0. The van der Waals surface area contributed by atoms with Crippen LogP contribution in [0.1, 0.15) is 31.5 Å². The molecule has 0 amide bonds. The molecule has 1 fully saturated rings. The van der Waals surface area contributed by atoms with E-state index >= 15 is 0 Å². The summed E-state index contributed by atoms with van der Waals surface area (Å²) in [6.07, 6.45) is -3.30. The molecule has 1 aromatic rings. The van der Waals surface area contributed by atoms with Gasteiger partial charge in [-0.2, -0.15) is 18.3 Å². The highest BCUT2D eigenvalue weighted by Crippen LogP contribution is 2.65. The summed E-state index contributed by atoms with van der Waals surface area (Å²) in [7, 11) is 1.35. The Kier molecular flexibility index (Phi) is 2.35. The van der Waals surface area contributed by atoms with Gasteiger partial charge in [0.25, 0.3) is 0 Å².